The van der Waals surface area contributed by atoms with Crippen LogP contribution >= 0.6 is 11.6 Å². The van der Waals surface area contributed by atoms with Crippen LogP contribution in [0.5, 0.6) is 0 Å². The van der Waals surface area contributed by atoms with E-state index in [9.17, 15) is 12.8 Å². The zero-order chi connectivity index (χ0) is 15.6. The highest BCUT2D eigenvalue weighted by Crippen LogP contribution is 2.25. The summed E-state index contributed by atoms with van der Waals surface area (Å²) in [6.45, 7) is 5.70. The Bertz CT molecular complexity index is 588. The number of halogens is 2. The molecule has 0 saturated carbocycles. The summed E-state index contributed by atoms with van der Waals surface area (Å²) in [5.41, 5.74) is -0.193. The maximum Gasteiger partial charge on any atom is 0.241 e. The van der Waals surface area contributed by atoms with Gasteiger partial charge >= 0.3 is 0 Å². The molecule has 7 heteroatoms. The van der Waals surface area contributed by atoms with E-state index in [-0.39, 0.29) is 16.5 Å². The van der Waals surface area contributed by atoms with E-state index in [0.717, 1.165) is 6.07 Å². The topological polar surface area (TPSA) is 58.2 Å². The van der Waals surface area contributed by atoms with Gasteiger partial charge in [0, 0.05) is 12.1 Å². The SMILES string of the molecule is CCC(C)(C)NS(=O)(=O)c1cc(F)c(Cl)c(CNC)c1. The van der Waals surface area contributed by atoms with Gasteiger partial charge in [-0.3, -0.25) is 0 Å². The number of benzene rings is 1. The van der Waals surface area contributed by atoms with E-state index in [1.807, 2.05) is 6.92 Å². The summed E-state index contributed by atoms with van der Waals surface area (Å²) in [4.78, 5) is -0.119. The summed E-state index contributed by atoms with van der Waals surface area (Å²) in [5, 5.41) is 2.76. The molecular formula is C13H20ClFN2O2S. The van der Waals surface area contributed by atoms with E-state index >= 15 is 0 Å². The lowest BCUT2D eigenvalue weighted by atomic mass is 10.0. The molecule has 4 nitrogen and oxygen atoms in total. The van der Waals surface area contributed by atoms with Crippen LogP contribution in [0.15, 0.2) is 17.0 Å². The molecule has 0 radical (unpaired) electrons. The summed E-state index contributed by atoms with van der Waals surface area (Å²) in [6.07, 6.45) is 0.617. The first-order chi connectivity index (χ1) is 9.13. The Kier molecular flexibility index (Phi) is 5.54. The van der Waals surface area contributed by atoms with Crippen LogP contribution in [-0.2, 0) is 16.6 Å². The monoisotopic (exact) mass is 322 g/mol. The molecule has 0 aliphatic carbocycles. The molecular weight excluding hydrogens is 303 g/mol. The van der Waals surface area contributed by atoms with Crippen molar-refractivity contribution in [1.29, 1.82) is 0 Å². The summed E-state index contributed by atoms with van der Waals surface area (Å²) in [6, 6.07) is 2.32. The van der Waals surface area contributed by atoms with Crippen molar-refractivity contribution in [3.8, 4) is 0 Å². The zero-order valence-corrected chi connectivity index (χ0v) is 13.6. The Balaban J connectivity index is 3.26. The largest absolute Gasteiger partial charge is 0.316 e. The van der Waals surface area contributed by atoms with Gasteiger partial charge in [-0.2, -0.15) is 0 Å². The Morgan fingerprint density at radius 1 is 1.35 bits per heavy atom. The molecule has 0 spiro atoms. The molecule has 2 N–H and O–H groups in total. The predicted molar refractivity (Wildman–Crippen MR) is 78.9 cm³/mol. The van der Waals surface area contributed by atoms with Gasteiger partial charge in [-0.05, 0) is 45.0 Å². The Labute approximate surface area is 124 Å². The number of nitrogens with one attached hydrogen (secondary N) is 2. The lowest BCUT2D eigenvalue weighted by molar-refractivity contribution is 0.439. The second-order valence-corrected chi connectivity index (χ2v) is 7.31. The molecule has 20 heavy (non-hydrogen) atoms. The van der Waals surface area contributed by atoms with Crippen molar-refractivity contribution < 1.29 is 12.8 Å². The lowest BCUT2D eigenvalue weighted by Crippen LogP contribution is -2.42. The molecule has 0 saturated heterocycles. The Morgan fingerprint density at radius 3 is 2.45 bits per heavy atom. The molecule has 1 aromatic carbocycles. The normalized spacial score (nSPS) is 12.7. The fraction of sp³-hybridized carbons (Fsp3) is 0.538. The first-order valence-corrected chi connectivity index (χ1v) is 8.15. The quantitative estimate of drug-likeness (QED) is 0.846. The molecule has 0 aliphatic heterocycles. The van der Waals surface area contributed by atoms with E-state index in [1.165, 1.54) is 6.07 Å². The number of hydrogen-bond donors (Lipinski definition) is 2. The first-order valence-electron chi connectivity index (χ1n) is 6.29. The molecule has 0 aliphatic rings. The van der Waals surface area contributed by atoms with Gasteiger partial charge in [0.2, 0.25) is 10.0 Å². The van der Waals surface area contributed by atoms with Crippen molar-refractivity contribution in [2.45, 2.75) is 44.2 Å². The van der Waals surface area contributed by atoms with Crippen LogP contribution < -0.4 is 10.0 Å². The highest BCUT2D eigenvalue weighted by molar-refractivity contribution is 7.89. The van der Waals surface area contributed by atoms with Crippen LogP contribution in [0.1, 0.15) is 32.8 Å². The molecule has 0 unspecified atom stereocenters. The van der Waals surface area contributed by atoms with Crippen molar-refractivity contribution in [2.75, 3.05) is 7.05 Å². The van der Waals surface area contributed by atoms with Gasteiger partial charge < -0.3 is 5.32 Å². The van der Waals surface area contributed by atoms with E-state index in [1.54, 1.807) is 20.9 Å². The fourth-order valence-electron chi connectivity index (χ4n) is 1.59. The van der Waals surface area contributed by atoms with Gasteiger partial charge in [-0.25, -0.2) is 17.5 Å². The minimum atomic E-state index is -3.79. The summed E-state index contributed by atoms with van der Waals surface area (Å²) >= 11 is 5.82. The highest BCUT2D eigenvalue weighted by Gasteiger charge is 2.26. The maximum absolute atomic E-state index is 13.8. The summed E-state index contributed by atoms with van der Waals surface area (Å²) < 4.78 is 40.9. The van der Waals surface area contributed by atoms with Crippen LogP contribution in [0.2, 0.25) is 5.02 Å². The van der Waals surface area contributed by atoms with Crippen molar-refractivity contribution in [3.05, 3.63) is 28.5 Å². The van der Waals surface area contributed by atoms with Crippen LogP contribution in [0.4, 0.5) is 4.39 Å². The molecule has 0 heterocycles. The third-order valence-corrected chi connectivity index (χ3v) is 5.15. The lowest BCUT2D eigenvalue weighted by Gasteiger charge is -2.24. The van der Waals surface area contributed by atoms with Gasteiger partial charge in [0.25, 0.3) is 0 Å². The van der Waals surface area contributed by atoms with Gasteiger partial charge in [-0.15, -0.1) is 0 Å². The molecule has 0 aromatic heterocycles. The molecule has 1 aromatic rings. The molecule has 0 fully saturated rings. The van der Waals surface area contributed by atoms with Crippen molar-refractivity contribution in [1.82, 2.24) is 10.0 Å². The average molecular weight is 323 g/mol. The van der Waals surface area contributed by atoms with Crippen LogP contribution in [0, 0.1) is 5.82 Å². The maximum atomic E-state index is 13.8. The van der Waals surface area contributed by atoms with Gasteiger partial charge in [0.1, 0.15) is 5.82 Å². The second kappa shape index (κ2) is 6.39. The summed E-state index contributed by atoms with van der Waals surface area (Å²) in [7, 11) is -2.11. The average Bonchev–Trinajstić information content (AvgIpc) is 2.33. The van der Waals surface area contributed by atoms with E-state index in [2.05, 4.69) is 10.0 Å². The van der Waals surface area contributed by atoms with E-state index in [0.29, 0.717) is 12.0 Å². The van der Waals surface area contributed by atoms with Crippen LogP contribution in [0.3, 0.4) is 0 Å². The van der Waals surface area contributed by atoms with Crippen LogP contribution in [-0.4, -0.2) is 21.0 Å². The van der Waals surface area contributed by atoms with E-state index in [4.69, 9.17) is 11.6 Å². The Hall–Kier alpha value is -0.690. The Morgan fingerprint density at radius 2 is 1.95 bits per heavy atom. The number of hydrogen-bond acceptors (Lipinski definition) is 3. The smallest absolute Gasteiger partial charge is 0.241 e. The van der Waals surface area contributed by atoms with Crippen molar-refractivity contribution in [3.63, 3.8) is 0 Å². The second-order valence-electron chi connectivity index (χ2n) is 5.25. The molecule has 114 valence electrons. The number of rotatable bonds is 6. The molecule has 0 atom stereocenters. The van der Waals surface area contributed by atoms with Crippen molar-refractivity contribution in [2.24, 2.45) is 0 Å². The summed E-state index contributed by atoms with van der Waals surface area (Å²) in [5.74, 6) is -0.742. The first kappa shape index (κ1) is 17.4. The minimum absolute atomic E-state index is 0.0620. The van der Waals surface area contributed by atoms with Gasteiger partial charge in [0.15, 0.2) is 0 Å². The minimum Gasteiger partial charge on any atom is -0.316 e. The molecule has 0 bridgehead atoms. The fourth-order valence-corrected chi connectivity index (χ4v) is 3.31. The van der Waals surface area contributed by atoms with Crippen molar-refractivity contribution >= 4 is 21.6 Å². The molecule has 1 rings (SSSR count). The molecule has 0 amide bonds. The third kappa shape index (κ3) is 4.15. The predicted octanol–water partition coefficient (Wildman–Crippen LogP) is 2.67. The zero-order valence-electron chi connectivity index (χ0n) is 12.0. The van der Waals surface area contributed by atoms with Crippen LogP contribution in [0.25, 0.3) is 0 Å². The highest BCUT2D eigenvalue weighted by atomic mass is 35.5. The standard InChI is InChI=1S/C13H20ClFN2O2S/c1-5-13(2,3)17-20(18,19)10-6-9(8-16-4)12(14)11(15)7-10/h6-7,16-17H,5,8H2,1-4H3. The van der Waals surface area contributed by atoms with E-state index < -0.39 is 21.4 Å². The van der Waals surface area contributed by atoms with Gasteiger partial charge in [-0.1, -0.05) is 18.5 Å². The number of sulfonamides is 1. The third-order valence-electron chi connectivity index (χ3n) is 3.05. The van der Waals surface area contributed by atoms with Gasteiger partial charge in [0.05, 0.1) is 9.92 Å².